The SMILES string of the molecule is C[C@H]1[C@H]2C[C@H]([C@H](CN(C)C)NC2=O)C1(C)C. The normalized spacial score (nSPS) is 41.2. The third-order valence-corrected chi connectivity index (χ3v) is 4.95. The number of nitrogens with one attached hydrogen (secondary N) is 1. The molecule has 1 aliphatic heterocycles. The number of hydrogen-bond donors (Lipinski definition) is 1. The second-order valence-electron chi connectivity index (χ2n) is 6.44. The molecule has 1 saturated heterocycles. The molecule has 4 atom stereocenters. The number of carbonyl (C=O) groups is 1. The third kappa shape index (κ3) is 1.65. The minimum Gasteiger partial charge on any atom is -0.352 e. The van der Waals surface area contributed by atoms with E-state index in [4.69, 9.17) is 0 Å². The van der Waals surface area contributed by atoms with Crippen LogP contribution in [-0.4, -0.2) is 37.5 Å². The van der Waals surface area contributed by atoms with Crippen LogP contribution >= 0.6 is 0 Å². The smallest absolute Gasteiger partial charge is 0.223 e. The average molecular weight is 224 g/mol. The number of carbonyl (C=O) groups excluding carboxylic acids is 1. The number of amides is 1. The molecule has 2 fully saturated rings. The minimum atomic E-state index is 0.249. The van der Waals surface area contributed by atoms with Crippen molar-refractivity contribution in [2.24, 2.45) is 23.2 Å². The van der Waals surface area contributed by atoms with Gasteiger partial charge in [-0.15, -0.1) is 0 Å². The van der Waals surface area contributed by atoms with E-state index in [9.17, 15) is 4.79 Å². The summed E-state index contributed by atoms with van der Waals surface area (Å²) in [6.07, 6.45) is 1.08. The van der Waals surface area contributed by atoms with Crippen molar-refractivity contribution in [3.05, 3.63) is 0 Å². The van der Waals surface area contributed by atoms with Gasteiger partial charge >= 0.3 is 0 Å². The van der Waals surface area contributed by atoms with Crippen molar-refractivity contribution in [1.82, 2.24) is 10.2 Å². The number of piperidine rings is 1. The van der Waals surface area contributed by atoms with Crippen LogP contribution in [0.4, 0.5) is 0 Å². The summed E-state index contributed by atoms with van der Waals surface area (Å²) < 4.78 is 0. The lowest BCUT2D eigenvalue weighted by atomic mass is 9.73. The molecule has 2 aliphatic rings. The lowest BCUT2D eigenvalue weighted by Crippen LogP contribution is -2.52. The van der Waals surface area contributed by atoms with Crippen molar-refractivity contribution < 1.29 is 4.79 Å². The van der Waals surface area contributed by atoms with Crippen LogP contribution in [0.3, 0.4) is 0 Å². The fraction of sp³-hybridized carbons (Fsp3) is 0.923. The highest BCUT2D eigenvalue weighted by molar-refractivity contribution is 5.81. The Morgan fingerprint density at radius 1 is 1.44 bits per heavy atom. The van der Waals surface area contributed by atoms with Gasteiger partial charge < -0.3 is 10.2 Å². The van der Waals surface area contributed by atoms with Crippen molar-refractivity contribution in [3.8, 4) is 0 Å². The Kier molecular flexibility index (Phi) is 2.77. The van der Waals surface area contributed by atoms with Crippen molar-refractivity contribution in [1.29, 1.82) is 0 Å². The van der Waals surface area contributed by atoms with Crippen LogP contribution in [0.5, 0.6) is 0 Å². The zero-order valence-corrected chi connectivity index (χ0v) is 11.1. The van der Waals surface area contributed by atoms with Gasteiger partial charge in [0.25, 0.3) is 0 Å². The van der Waals surface area contributed by atoms with Gasteiger partial charge in [0, 0.05) is 18.5 Å². The lowest BCUT2D eigenvalue weighted by molar-refractivity contribution is -0.128. The topological polar surface area (TPSA) is 32.3 Å². The molecule has 0 aromatic rings. The van der Waals surface area contributed by atoms with E-state index in [1.54, 1.807) is 0 Å². The fourth-order valence-electron chi connectivity index (χ4n) is 3.61. The summed E-state index contributed by atoms with van der Waals surface area (Å²) in [7, 11) is 4.15. The Balaban J connectivity index is 2.23. The predicted octanol–water partition coefficient (Wildman–Crippen LogP) is 1.34. The molecule has 3 nitrogen and oxygen atoms in total. The van der Waals surface area contributed by atoms with Crippen LogP contribution in [0.15, 0.2) is 0 Å². The summed E-state index contributed by atoms with van der Waals surface area (Å²) in [6.45, 7) is 7.85. The number of nitrogens with zero attached hydrogens (tertiary/aromatic N) is 1. The van der Waals surface area contributed by atoms with Crippen LogP contribution in [0.1, 0.15) is 27.2 Å². The van der Waals surface area contributed by atoms with Gasteiger partial charge in [-0.1, -0.05) is 20.8 Å². The van der Waals surface area contributed by atoms with Crippen LogP contribution in [0.2, 0.25) is 0 Å². The van der Waals surface area contributed by atoms with Gasteiger partial charge in [-0.3, -0.25) is 4.79 Å². The van der Waals surface area contributed by atoms with E-state index in [0.717, 1.165) is 13.0 Å². The quantitative estimate of drug-likeness (QED) is 0.768. The van der Waals surface area contributed by atoms with E-state index in [0.29, 0.717) is 17.9 Å². The molecule has 3 heteroatoms. The van der Waals surface area contributed by atoms with Crippen molar-refractivity contribution >= 4 is 5.91 Å². The van der Waals surface area contributed by atoms with Crippen molar-refractivity contribution in [2.45, 2.75) is 33.2 Å². The van der Waals surface area contributed by atoms with E-state index in [1.165, 1.54) is 0 Å². The van der Waals surface area contributed by atoms with Crippen LogP contribution in [-0.2, 0) is 4.79 Å². The van der Waals surface area contributed by atoms with E-state index >= 15 is 0 Å². The molecule has 0 aromatic heterocycles. The van der Waals surface area contributed by atoms with Crippen LogP contribution < -0.4 is 5.32 Å². The van der Waals surface area contributed by atoms with Gasteiger partial charge in [-0.25, -0.2) is 0 Å². The molecule has 0 radical (unpaired) electrons. The maximum absolute atomic E-state index is 12.0. The summed E-state index contributed by atoms with van der Waals surface area (Å²) in [5.74, 6) is 1.66. The van der Waals surface area contributed by atoms with Crippen molar-refractivity contribution in [3.63, 3.8) is 0 Å². The molecule has 2 rings (SSSR count). The largest absolute Gasteiger partial charge is 0.352 e. The molecule has 1 heterocycles. The van der Waals surface area contributed by atoms with Gasteiger partial charge in [0.2, 0.25) is 5.91 Å². The lowest BCUT2D eigenvalue weighted by Gasteiger charge is -2.37. The zero-order valence-electron chi connectivity index (χ0n) is 11.1. The van der Waals surface area contributed by atoms with Gasteiger partial charge in [0.05, 0.1) is 0 Å². The van der Waals surface area contributed by atoms with E-state index < -0.39 is 0 Å². The fourth-order valence-corrected chi connectivity index (χ4v) is 3.61. The molecule has 16 heavy (non-hydrogen) atoms. The number of likely N-dealkylation sites (N-methyl/N-ethyl adjacent to an activating group) is 1. The van der Waals surface area contributed by atoms with E-state index in [-0.39, 0.29) is 17.2 Å². The Bertz CT molecular complexity index is 298. The van der Waals surface area contributed by atoms with Gasteiger partial charge in [-0.05, 0) is 37.8 Å². The van der Waals surface area contributed by atoms with Crippen molar-refractivity contribution in [2.75, 3.05) is 20.6 Å². The first-order chi connectivity index (χ1) is 7.34. The maximum Gasteiger partial charge on any atom is 0.223 e. The molecule has 1 amide bonds. The van der Waals surface area contributed by atoms with Gasteiger partial charge in [0.15, 0.2) is 0 Å². The molecule has 92 valence electrons. The number of fused-ring (bicyclic) bond motifs is 2. The van der Waals surface area contributed by atoms with E-state index in [1.807, 2.05) is 0 Å². The number of hydrogen-bond acceptors (Lipinski definition) is 2. The molecule has 2 bridgehead atoms. The highest BCUT2D eigenvalue weighted by Gasteiger charge is 2.55. The standard InChI is InChI=1S/C13H24N2O/c1-8-9-6-10(13(8,2)3)11(7-15(4)5)14-12(9)16/h8-11H,6-7H2,1-5H3,(H,14,16)/t8-,9+,10+,11-/m0/s1. The highest BCUT2D eigenvalue weighted by atomic mass is 16.2. The van der Waals surface area contributed by atoms with E-state index in [2.05, 4.69) is 45.1 Å². The molecule has 0 spiro atoms. The highest BCUT2D eigenvalue weighted by Crippen LogP contribution is 2.53. The average Bonchev–Trinajstić information content (AvgIpc) is 2.34. The molecular weight excluding hydrogens is 200 g/mol. The first kappa shape index (κ1) is 11.9. The summed E-state index contributed by atoms with van der Waals surface area (Å²) in [5, 5.41) is 3.22. The second-order valence-corrected chi connectivity index (χ2v) is 6.44. The first-order valence-electron chi connectivity index (χ1n) is 6.29. The molecule has 1 saturated carbocycles. The molecular formula is C13H24N2O. The summed E-state index contributed by atoms with van der Waals surface area (Å²) >= 11 is 0. The van der Waals surface area contributed by atoms with Gasteiger partial charge in [0.1, 0.15) is 0 Å². The first-order valence-corrected chi connectivity index (χ1v) is 6.29. The Hall–Kier alpha value is -0.570. The summed E-state index contributed by atoms with van der Waals surface area (Å²) in [4.78, 5) is 14.2. The monoisotopic (exact) mass is 224 g/mol. The van der Waals surface area contributed by atoms with Crippen LogP contribution in [0, 0.1) is 23.2 Å². The summed E-state index contributed by atoms with van der Waals surface area (Å²) in [5.41, 5.74) is 0.282. The minimum absolute atomic E-state index is 0.249. The van der Waals surface area contributed by atoms with Gasteiger partial charge in [-0.2, -0.15) is 0 Å². The third-order valence-electron chi connectivity index (χ3n) is 4.95. The second kappa shape index (κ2) is 3.73. The molecule has 0 aromatic carbocycles. The number of rotatable bonds is 2. The maximum atomic E-state index is 12.0. The summed E-state index contributed by atoms with van der Waals surface area (Å²) in [6, 6.07) is 0.332. The molecule has 1 aliphatic carbocycles. The molecule has 1 N–H and O–H groups in total. The Morgan fingerprint density at radius 2 is 2.06 bits per heavy atom. The van der Waals surface area contributed by atoms with Crippen LogP contribution in [0.25, 0.3) is 0 Å². The Morgan fingerprint density at radius 3 is 2.62 bits per heavy atom. The Labute approximate surface area is 98.6 Å². The predicted molar refractivity (Wildman–Crippen MR) is 65.0 cm³/mol. The zero-order chi connectivity index (χ0) is 12.1. The molecule has 0 unspecified atom stereocenters.